The minimum Gasteiger partial charge on any atom is -0.387 e. The van der Waals surface area contributed by atoms with Crippen LogP contribution < -0.4 is 11.2 Å². The van der Waals surface area contributed by atoms with Gasteiger partial charge in [0.15, 0.2) is 0 Å². The normalized spacial score (nSPS) is 27.8. The lowest BCUT2D eigenvalue weighted by Crippen LogP contribution is -2.37. The van der Waals surface area contributed by atoms with Crippen molar-refractivity contribution in [1.29, 1.82) is 0 Å². The summed E-state index contributed by atoms with van der Waals surface area (Å²) in [5, 5.41) is 19.8. The molecule has 23 heavy (non-hydrogen) atoms. The number of aromatic amines is 1. The standard InChI is InChI=1S/C10H12N3O9P/c1-11-5-2-6(14)12-10(17)13(5)9-8(16)7(15)4(22-9)3-21-23(18,19)20/h2,4,7-9,15-16H,3H2,(H,12,14,17)(H2,18,19,20)/t4-,7-,8-,9-/m1/s1. The summed E-state index contributed by atoms with van der Waals surface area (Å²) in [7, 11) is -4.82. The van der Waals surface area contributed by atoms with E-state index < -0.39 is 56.0 Å². The van der Waals surface area contributed by atoms with Gasteiger partial charge in [-0.1, -0.05) is 6.57 Å². The van der Waals surface area contributed by atoms with Crippen LogP contribution in [0.1, 0.15) is 6.23 Å². The molecule has 0 radical (unpaired) electrons. The molecule has 1 aromatic heterocycles. The molecule has 2 rings (SSSR count). The highest BCUT2D eigenvalue weighted by molar-refractivity contribution is 7.46. The fourth-order valence-corrected chi connectivity index (χ4v) is 2.42. The molecule has 1 aromatic rings. The van der Waals surface area contributed by atoms with Crippen LogP contribution in [0.4, 0.5) is 5.82 Å². The molecule has 12 nitrogen and oxygen atoms in total. The summed E-state index contributed by atoms with van der Waals surface area (Å²) < 4.78 is 20.6. The van der Waals surface area contributed by atoms with E-state index in [2.05, 4.69) is 9.37 Å². The summed E-state index contributed by atoms with van der Waals surface area (Å²) in [4.78, 5) is 45.1. The number of H-pyrrole nitrogens is 1. The Morgan fingerprint density at radius 2 is 2.04 bits per heavy atom. The molecule has 0 spiro atoms. The van der Waals surface area contributed by atoms with Crippen molar-refractivity contribution in [1.82, 2.24) is 9.55 Å². The molecule has 2 heterocycles. The zero-order valence-electron chi connectivity index (χ0n) is 11.3. The maximum atomic E-state index is 11.8. The molecule has 1 saturated heterocycles. The monoisotopic (exact) mass is 349 g/mol. The van der Waals surface area contributed by atoms with Gasteiger partial charge in [0.05, 0.1) is 6.61 Å². The van der Waals surface area contributed by atoms with Crippen molar-refractivity contribution >= 4 is 13.6 Å². The predicted molar refractivity (Wildman–Crippen MR) is 71.5 cm³/mol. The molecule has 1 aliphatic rings. The number of nitrogens with one attached hydrogen (secondary N) is 1. The maximum Gasteiger partial charge on any atom is 0.469 e. The summed E-state index contributed by atoms with van der Waals surface area (Å²) in [5.41, 5.74) is -1.87. The highest BCUT2D eigenvalue weighted by atomic mass is 31.2. The lowest BCUT2D eigenvalue weighted by molar-refractivity contribution is -0.0530. The van der Waals surface area contributed by atoms with Gasteiger partial charge in [-0.05, 0) is 0 Å². The van der Waals surface area contributed by atoms with E-state index in [0.717, 1.165) is 6.07 Å². The van der Waals surface area contributed by atoms with Crippen molar-refractivity contribution in [2.75, 3.05) is 6.61 Å². The molecule has 0 unspecified atom stereocenters. The zero-order chi connectivity index (χ0) is 17.4. The smallest absolute Gasteiger partial charge is 0.387 e. The van der Waals surface area contributed by atoms with Crippen LogP contribution in [0.25, 0.3) is 4.85 Å². The van der Waals surface area contributed by atoms with Crippen LogP contribution in [0.3, 0.4) is 0 Å². The second kappa shape index (κ2) is 6.34. The van der Waals surface area contributed by atoms with E-state index in [4.69, 9.17) is 21.1 Å². The van der Waals surface area contributed by atoms with Crippen molar-refractivity contribution in [3.63, 3.8) is 0 Å². The summed E-state index contributed by atoms with van der Waals surface area (Å²) >= 11 is 0. The van der Waals surface area contributed by atoms with E-state index in [-0.39, 0.29) is 0 Å². The van der Waals surface area contributed by atoms with E-state index in [1.54, 1.807) is 0 Å². The van der Waals surface area contributed by atoms with Gasteiger partial charge in [-0.25, -0.2) is 13.9 Å². The molecule has 5 N–H and O–H groups in total. The Kier molecular flexibility index (Phi) is 4.83. The molecule has 0 amide bonds. The Balaban J connectivity index is 2.32. The average Bonchev–Trinajstić information content (AvgIpc) is 2.71. The third-order valence-corrected chi connectivity index (χ3v) is 3.55. The second-order valence-corrected chi connectivity index (χ2v) is 5.85. The SMILES string of the molecule is [C-]#[N+]c1cc(=O)[nH]c(=O)n1[C@@H]1O[C@H](COP(=O)(O)O)[C@@H](O)[C@H]1O. The Bertz CT molecular complexity index is 790. The number of phosphoric ester groups is 1. The lowest BCUT2D eigenvalue weighted by atomic mass is 10.1. The van der Waals surface area contributed by atoms with Gasteiger partial charge in [-0.2, -0.15) is 0 Å². The maximum absolute atomic E-state index is 11.8. The molecule has 1 aliphatic heterocycles. The highest BCUT2D eigenvalue weighted by Crippen LogP contribution is 2.38. The third-order valence-electron chi connectivity index (χ3n) is 3.07. The topological polar surface area (TPSA) is 176 Å². The van der Waals surface area contributed by atoms with Gasteiger partial charge in [0.2, 0.25) is 17.6 Å². The van der Waals surface area contributed by atoms with Crippen LogP contribution in [-0.4, -0.2) is 54.5 Å². The molecule has 0 bridgehead atoms. The highest BCUT2D eigenvalue weighted by Gasteiger charge is 2.47. The van der Waals surface area contributed by atoms with Crippen LogP contribution >= 0.6 is 7.82 Å². The fraction of sp³-hybridized carbons (Fsp3) is 0.500. The molecule has 126 valence electrons. The molecule has 0 saturated carbocycles. The number of phosphoric acid groups is 1. The van der Waals surface area contributed by atoms with Crippen molar-refractivity contribution in [3.8, 4) is 0 Å². The van der Waals surface area contributed by atoms with E-state index in [9.17, 15) is 24.4 Å². The summed E-state index contributed by atoms with van der Waals surface area (Å²) in [6.07, 6.45) is -6.22. The Morgan fingerprint density at radius 3 is 2.61 bits per heavy atom. The number of hydrogen-bond acceptors (Lipinski definition) is 7. The number of hydrogen-bond donors (Lipinski definition) is 5. The van der Waals surface area contributed by atoms with Crippen LogP contribution in [0, 0.1) is 6.57 Å². The quantitative estimate of drug-likeness (QED) is 0.299. The Hall–Kier alpha value is -1.84. The van der Waals surface area contributed by atoms with Crippen molar-refractivity contribution in [2.24, 2.45) is 0 Å². The number of aliphatic hydroxyl groups is 2. The second-order valence-electron chi connectivity index (χ2n) is 4.61. The lowest BCUT2D eigenvalue weighted by Gasteiger charge is -2.15. The van der Waals surface area contributed by atoms with E-state index in [0.29, 0.717) is 4.57 Å². The zero-order valence-corrected chi connectivity index (χ0v) is 12.2. The van der Waals surface area contributed by atoms with E-state index in [1.165, 1.54) is 0 Å². The molecule has 4 atom stereocenters. The average molecular weight is 349 g/mol. The van der Waals surface area contributed by atoms with E-state index >= 15 is 0 Å². The van der Waals surface area contributed by atoms with Gasteiger partial charge in [-0.3, -0.25) is 14.3 Å². The number of aliphatic hydroxyl groups excluding tert-OH is 2. The largest absolute Gasteiger partial charge is 0.469 e. The molecule has 0 aromatic carbocycles. The Labute approximate surface area is 127 Å². The number of nitrogens with zero attached hydrogens (tertiary/aromatic N) is 2. The van der Waals surface area contributed by atoms with Crippen molar-refractivity contribution in [3.05, 3.63) is 38.3 Å². The molecule has 13 heteroatoms. The first kappa shape index (κ1) is 17.5. The molecular weight excluding hydrogens is 337 g/mol. The molecule has 0 aliphatic carbocycles. The first-order valence-electron chi connectivity index (χ1n) is 6.09. The molecular formula is C10H12N3O9P. The summed E-state index contributed by atoms with van der Waals surface area (Å²) in [6, 6.07) is 0.802. The summed E-state index contributed by atoms with van der Waals surface area (Å²) in [5.74, 6) is -0.438. The van der Waals surface area contributed by atoms with Gasteiger partial charge in [-0.15, -0.1) is 0 Å². The van der Waals surface area contributed by atoms with Gasteiger partial charge < -0.3 is 29.6 Å². The van der Waals surface area contributed by atoms with E-state index in [1.807, 2.05) is 4.98 Å². The van der Waals surface area contributed by atoms with Crippen molar-refractivity contribution < 1.29 is 33.8 Å². The number of aromatic nitrogens is 2. The van der Waals surface area contributed by atoms with Gasteiger partial charge in [0, 0.05) is 6.07 Å². The van der Waals surface area contributed by atoms with Gasteiger partial charge in [0.25, 0.3) is 0 Å². The van der Waals surface area contributed by atoms with Crippen LogP contribution in [0.2, 0.25) is 0 Å². The van der Waals surface area contributed by atoms with Gasteiger partial charge >= 0.3 is 13.5 Å². The van der Waals surface area contributed by atoms with Gasteiger partial charge in [0.1, 0.15) is 18.3 Å². The fourth-order valence-electron chi connectivity index (χ4n) is 2.08. The number of ether oxygens (including phenoxy) is 1. The Morgan fingerprint density at radius 1 is 1.39 bits per heavy atom. The van der Waals surface area contributed by atoms with Crippen LogP contribution in [-0.2, 0) is 13.8 Å². The van der Waals surface area contributed by atoms with Crippen molar-refractivity contribution in [2.45, 2.75) is 24.5 Å². The van der Waals surface area contributed by atoms with Crippen LogP contribution in [0.15, 0.2) is 15.7 Å². The third kappa shape index (κ3) is 3.74. The minimum absolute atomic E-state index is 0.438. The first-order valence-corrected chi connectivity index (χ1v) is 7.62. The molecule has 1 fully saturated rings. The van der Waals surface area contributed by atoms with Crippen LogP contribution in [0.5, 0.6) is 0 Å². The summed E-state index contributed by atoms with van der Waals surface area (Å²) in [6.45, 7) is 6.20. The first-order chi connectivity index (χ1) is 10.6. The minimum atomic E-state index is -4.82. The number of rotatable bonds is 4. The predicted octanol–water partition coefficient (Wildman–Crippen LogP) is -2.18.